The molecule has 0 aliphatic carbocycles. The van der Waals surface area contributed by atoms with Crippen molar-refractivity contribution in [3.8, 4) is 0 Å². The van der Waals surface area contributed by atoms with Crippen LogP contribution in [-0.2, 0) is 14.2 Å². The van der Waals surface area contributed by atoms with Crippen molar-refractivity contribution in [1.82, 2.24) is 0 Å². The maximum atomic E-state index is 10.7. The molecule has 0 bridgehead atoms. The van der Waals surface area contributed by atoms with Gasteiger partial charge in [0.15, 0.2) is 0 Å². The van der Waals surface area contributed by atoms with Crippen molar-refractivity contribution in [1.29, 1.82) is 0 Å². The van der Waals surface area contributed by atoms with Gasteiger partial charge < -0.3 is 19.3 Å². The topological polar surface area (TPSA) is 65.0 Å². The Kier molecular flexibility index (Phi) is 11.7. The molecule has 5 heteroatoms. The summed E-state index contributed by atoms with van der Waals surface area (Å²) in [7, 11) is 0. The first-order valence-corrected chi connectivity index (χ1v) is 7.20. The third-order valence-corrected chi connectivity index (χ3v) is 2.93. The minimum atomic E-state index is -1.24. The average Bonchev–Trinajstić information content (AvgIpc) is 2.37. The molecule has 1 N–H and O–H groups in total. The molecule has 0 spiro atoms. The van der Waals surface area contributed by atoms with E-state index in [0.29, 0.717) is 26.2 Å². The SMILES string of the molecule is CCCCCCC(OC(=O)O)C(C)OCCOCC. The predicted molar refractivity (Wildman–Crippen MR) is 73.6 cm³/mol. The number of rotatable bonds is 12. The van der Waals surface area contributed by atoms with Gasteiger partial charge in [-0.3, -0.25) is 0 Å². The molecule has 0 fully saturated rings. The Morgan fingerprint density at radius 2 is 1.89 bits per heavy atom. The van der Waals surface area contributed by atoms with Crippen LogP contribution in [0, 0.1) is 0 Å². The van der Waals surface area contributed by atoms with Crippen molar-refractivity contribution in [3.63, 3.8) is 0 Å². The van der Waals surface area contributed by atoms with E-state index in [-0.39, 0.29) is 6.10 Å². The van der Waals surface area contributed by atoms with Crippen molar-refractivity contribution in [2.24, 2.45) is 0 Å². The van der Waals surface area contributed by atoms with Crippen LogP contribution in [0.5, 0.6) is 0 Å². The molecule has 114 valence electrons. The summed E-state index contributed by atoms with van der Waals surface area (Å²) in [5.41, 5.74) is 0. The molecule has 0 saturated carbocycles. The zero-order valence-corrected chi connectivity index (χ0v) is 12.4. The molecule has 19 heavy (non-hydrogen) atoms. The van der Waals surface area contributed by atoms with E-state index in [0.717, 1.165) is 19.3 Å². The molecule has 2 unspecified atom stereocenters. The molecule has 0 heterocycles. The highest BCUT2D eigenvalue weighted by Gasteiger charge is 2.21. The summed E-state index contributed by atoms with van der Waals surface area (Å²) in [6, 6.07) is 0. The molecular formula is C14H28O5. The van der Waals surface area contributed by atoms with Crippen LogP contribution in [0.25, 0.3) is 0 Å². The first-order chi connectivity index (χ1) is 9.11. The molecule has 0 saturated heterocycles. The van der Waals surface area contributed by atoms with Gasteiger partial charge in [0.25, 0.3) is 0 Å². The lowest BCUT2D eigenvalue weighted by atomic mass is 10.1. The van der Waals surface area contributed by atoms with E-state index < -0.39 is 12.3 Å². The second-order valence-corrected chi connectivity index (χ2v) is 4.54. The van der Waals surface area contributed by atoms with E-state index in [1.807, 2.05) is 13.8 Å². The fourth-order valence-electron chi connectivity index (χ4n) is 1.84. The molecule has 0 aliphatic heterocycles. The van der Waals surface area contributed by atoms with E-state index in [1.54, 1.807) is 0 Å². The second-order valence-electron chi connectivity index (χ2n) is 4.54. The molecular weight excluding hydrogens is 248 g/mol. The highest BCUT2D eigenvalue weighted by atomic mass is 16.7. The number of carboxylic acid groups (broad SMARTS) is 1. The molecule has 0 amide bonds. The standard InChI is InChI=1S/C14H28O5/c1-4-6-7-8-9-13(19-14(15)16)12(3)18-11-10-17-5-2/h12-13H,4-11H2,1-3H3,(H,15,16). The van der Waals surface area contributed by atoms with Gasteiger partial charge in [-0.05, 0) is 26.7 Å². The van der Waals surface area contributed by atoms with Crippen LogP contribution in [0.15, 0.2) is 0 Å². The van der Waals surface area contributed by atoms with E-state index in [1.165, 1.54) is 6.42 Å². The van der Waals surface area contributed by atoms with Crippen molar-refractivity contribution in [3.05, 3.63) is 0 Å². The van der Waals surface area contributed by atoms with Crippen LogP contribution in [0.2, 0.25) is 0 Å². The first kappa shape index (κ1) is 18.2. The zero-order chi connectivity index (χ0) is 14.5. The summed E-state index contributed by atoms with van der Waals surface area (Å²) in [6.07, 6.45) is 3.23. The lowest BCUT2D eigenvalue weighted by molar-refractivity contribution is -0.0639. The number of hydrogen-bond donors (Lipinski definition) is 1. The Balaban J connectivity index is 3.96. The van der Waals surface area contributed by atoms with Crippen molar-refractivity contribution < 1.29 is 24.1 Å². The quantitative estimate of drug-likeness (QED) is 0.437. The number of carbonyl (C=O) groups is 1. The van der Waals surface area contributed by atoms with Gasteiger partial charge in [-0.15, -0.1) is 0 Å². The van der Waals surface area contributed by atoms with Gasteiger partial charge in [-0.2, -0.15) is 0 Å². The highest BCUT2D eigenvalue weighted by molar-refractivity contribution is 5.57. The Hall–Kier alpha value is -0.810. The molecule has 0 radical (unpaired) electrons. The molecule has 5 nitrogen and oxygen atoms in total. The Bertz CT molecular complexity index is 220. The molecule has 0 aliphatic rings. The number of ether oxygens (including phenoxy) is 3. The van der Waals surface area contributed by atoms with Crippen LogP contribution < -0.4 is 0 Å². The van der Waals surface area contributed by atoms with Gasteiger partial charge in [-0.25, -0.2) is 4.79 Å². The van der Waals surface area contributed by atoms with Crippen LogP contribution in [0.1, 0.15) is 52.9 Å². The van der Waals surface area contributed by atoms with Gasteiger partial charge >= 0.3 is 6.16 Å². The summed E-state index contributed by atoms with van der Waals surface area (Å²) in [4.78, 5) is 10.7. The van der Waals surface area contributed by atoms with Crippen LogP contribution in [0.3, 0.4) is 0 Å². The molecule has 0 aromatic rings. The van der Waals surface area contributed by atoms with Crippen LogP contribution in [-0.4, -0.2) is 43.3 Å². The third-order valence-electron chi connectivity index (χ3n) is 2.93. The van der Waals surface area contributed by atoms with Gasteiger partial charge in [0.05, 0.1) is 19.3 Å². The highest BCUT2D eigenvalue weighted by Crippen LogP contribution is 2.14. The largest absolute Gasteiger partial charge is 0.506 e. The Morgan fingerprint density at radius 1 is 1.16 bits per heavy atom. The zero-order valence-electron chi connectivity index (χ0n) is 12.4. The Labute approximate surface area is 116 Å². The minimum absolute atomic E-state index is 0.238. The summed E-state index contributed by atoms with van der Waals surface area (Å²) in [6.45, 7) is 7.56. The number of unbranched alkanes of at least 4 members (excludes halogenated alkanes) is 3. The van der Waals surface area contributed by atoms with E-state index in [2.05, 4.69) is 6.92 Å². The first-order valence-electron chi connectivity index (χ1n) is 7.20. The summed E-state index contributed by atoms with van der Waals surface area (Å²) in [5, 5.41) is 8.74. The average molecular weight is 276 g/mol. The molecule has 0 rings (SSSR count). The van der Waals surface area contributed by atoms with E-state index in [4.69, 9.17) is 19.3 Å². The maximum absolute atomic E-state index is 10.7. The molecule has 0 aromatic carbocycles. The number of hydrogen-bond acceptors (Lipinski definition) is 4. The molecule has 2 atom stereocenters. The fourth-order valence-corrected chi connectivity index (χ4v) is 1.84. The summed E-state index contributed by atoms with van der Waals surface area (Å²) in [5.74, 6) is 0. The lowest BCUT2D eigenvalue weighted by Crippen LogP contribution is -2.32. The van der Waals surface area contributed by atoms with Crippen LogP contribution in [0.4, 0.5) is 4.79 Å². The van der Waals surface area contributed by atoms with E-state index in [9.17, 15) is 4.79 Å². The van der Waals surface area contributed by atoms with Crippen LogP contribution >= 0.6 is 0 Å². The van der Waals surface area contributed by atoms with Gasteiger partial charge in [0.1, 0.15) is 6.10 Å². The van der Waals surface area contributed by atoms with Gasteiger partial charge in [0, 0.05) is 6.61 Å². The van der Waals surface area contributed by atoms with Gasteiger partial charge in [-0.1, -0.05) is 26.2 Å². The second kappa shape index (κ2) is 12.2. The predicted octanol–water partition coefficient (Wildman–Crippen LogP) is 3.46. The third kappa shape index (κ3) is 10.8. The fraction of sp³-hybridized carbons (Fsp3) is 0.929. The monoisotopic (exact) mass is 276 g/mol. The summed E-state index contributed by atoms with van der Waals surface area (Å²) < 4.78 is 15.6. The van der Waals surface area contributed by atoms with Crippen molar-refractivity contribution >= 4 is 6.16 Å². The minimum Gasteiger partial charge on any atom is -0.450 e. The lowest BCUT2D eigenvalue weighted by Gasteiger charge is -2.23. The smallest absolute Gasteiger partial charge is 0.450 e. The molecule has 0 aromatic heterocycles. The normalized spacial score (nSPS) is 14.1. The Morgan fingerprint density at radius 3 is 2.47 bits per heavy atom. The van der Waals surface area contributed by atoms with E-state index >= 15 is 0 Å². The van der Waals surface area contributed by atoms with Gasteiger partial charge in [0.2, 0.25) is 0 Å². The summed E-state index contributed by atoms with van der Waals surface area (Å²) >= 11 is 0. The maximum Gasteiger partial charge on any atom is 0.506 e. The van der Waals surface area contributed by atoms with Crippen molar-refractivity contribution in [2.45, 2.75) is 65.1 Å². The van der Waals surface area contributed by atoms with Crippen molar-refractivity contribution in [2.75, 3.05) is 19.8 Å².